The molecular weight excluding hydrogens is 228 g/mol. The Balaban J connectivity index is 1.84. The number of rotatable bonds is 4. The highest BCUT2D eigenvalue weighted by Gasteiger charge is 2.16. The molecule has 3 heteroatoms. The average molecular weight is 244 g/mol. The summed E-state index contributed by atoms with van der Waals surface area (Å²) in [6, 6.07) is 6.33. The Morgan fingerprint density at radius 3 is 2.50 bits per heavy atom. The van der Waals surface area contributed by atoms with Crippen molar-refractivity contribution in [3.63, 3.8) is 0 Å². The van der Waals surface area contributed by atoms with E-state index in [2.05, 4.69) is 6.42 Å². The lowest BCUT2D eigenvalue weighted by Gasteiger charge is -2.20. The van der Waals surface area contributed by atoms with Gasteiger partial charge in [0.15, 0.2) is 0 Å². The Morgan fingerprint density at radius 1 is 1.22 bits per heavy atom. The van der Waals surface area contributed by atoms with Crippen LogP contribution in [0.2, 0.25) is 0 Å². The van der Waals surface area contributed by atoms with E-state index in [1.807, 2.05) is 0 Å². The number of benzene rings is 1. The molecule has 0 unspecified atom stereocenters. The molecule has 1 aromatic rings. The van der Waals surface area contributed by atoms with Gasteiger partial charge >= 0.3 is 5.97 Å². The maximum Gasteiger partial charge on any atom is 0.338 e. The zero-order valence-corrected chi connectivity index (χ0v) is 10.2. The molecule has 0 amide bonds. The predicted molar refractivity (Wildman–Crippen MR) is 67.8 cm³/mol. The molecule has 0 atom stereocenters. The van der Waals surface area contributed by atoms with Crippen LogP contribution in [0.5, 0.6) is 0 Å². The summed E-state index contributed by atoms with van der Waals surface area (Å²) in [4.78, 5) is 22.1. The summed E-state index contributed by atoms with van der Waals surface area (Å²) in [6.07, 6.45) is 8.50. The smallest absolute Gasteiger partial charge is 0.338 e. The molecule has 18 heavy (non-hydrogen) atoms. The van der Waals surface area contributed by atoms with Crippen LogP contribution in [0.15, 0.2) is 24.3 Å². The molecule has 1 aliphatic carbocycles. The van der Waals surface area contributed by atoms with Crippen molar-refractivity contribution in [2.24, 2.45) is 5.92 Å². The molecule has 0 aromatic heterocycles. The van der Waals surface area contributed by atoms with E-state index in [0.29, 0.717) is 23.7 Å². The van der Waals surface area contributed by atoms with Gasteiger partial charge in [0, 0.05) is 5.56 Å². The molecule has 1 fully saturated rings. The first-order chi connectivity index (χ1) is 8.79. The summed E-state index contributed by atoms with van der Waals surface area (Å²) < 4.78 is 5.29. The molecule has 2 rings (SSSR count). The largest absolute Gasteiger partial charge is 0.462 e. The first-order valence-electron chi connectivity index (χ1n) is 6.26. The summed E-state index contributed by atoms with van der Waals surface area (Å²) in [7, 11) is 0. The standard InChI is InChI=1S/C15H16O3/c16-10-12-6-8-14(9-7-12)15(17)18-11-13-4-2-1-3-5-13/h1,6-9,13H,2-5,11H2. The van der Waals surface area contributed by atoms with Crippen molar-refractivity contribution in [2.75, 3.05) is 6.61 Å². The highest BCUT2D eigenvalue weighted by molar-refractivity contribution is 5.90. The second-order valence-electron chi connectivity index (χ2n) is 4.59. The molecule has 0 aliphatic heterocycles. The van der Waals surface area contributed by atoms with Crippen molar-refractivity contribution in [1.82, 2.24) is 0 Å². The maximum atomic E-state index is 11.8. The van der Waals surface area contributed by atoms with Crippen molar-refractivity contribution >= 4 is 12.3 Å². The fraction of sp³-hybridized carbons (Fsp3) is 0.400. The summed E-state index contributed by atoms with van der Waals surface area (Å²) in [6.45, 7) is 0.494. The minimum absolute atomic E-state index is 0.318. The lowest BCUT2D eigenvalue weighted by atomic mass is 9.90. The fourth-order valence-corrected chi connectivity index (χ4v) is 2.11. The van der Waals surface area contributed by atoms with Gasteiger partial charge in [-0.15, -0.1) is 0 Å². The Morgan fingerprint density at radius 2 is 1.89 bits per heavy atom. The molecule has 0 heterocycles. The van der Waals surface area contributed by atoms with E-state index in [0.717, 1.165) is 25.7 Å². The molecule has 1 saturated carbocycles. The third-order valence-electron chi connectivity index (χ3n) is 3.25. The molecule has 0 saturated heterocycles. The van der Waals surface area contributed by atoms with Crippen LogP contribution in [0.3, 0.4) is 0 Å². The highest BCUT2D eigenvalue weighted by atomic mass is 16.5. The number of hydrogen-bond donors (Lipinski definition) is 0. The number of esters is 1. The molecule has 0 N–H and O–H groups in total. The third-order valence-corrected chi connectivity index (χ3v) is 3.25. The third kappa shape index (κ3) is 3.42. The van der Waals surface area contributed by atoms with Gasteiger partial charge in [-0.3, -0.25) is 4.79 Å². The summed E-state index contributed by atoms with van der Waals surface area (Å²) >= 11 is 0. The molecular formula is C15H16O3. The van der Waals surface area contributed by atoms with Crippen LogP contribution in [-0.2, 0) is 9.53 Å². The van der Waals surface area contributed by atoms with Gasteiger partial charge in [-0.1, -0.05) is 12.1 Å². The van der Waals surface area contributed by atoms with Gasteiger partial charge in [0.05, 0.1) is 12.2 Å². The van der Waals surface area contributed by atoms with Crippen molar-refractivity contribution in [3.05, 3.63) is 41.8 Å². The van der Waals surface area contributed by atoms with Crippen molar-refractivity contribution < 1.29 is 14.3 Å². The van der Waals surface area contributed by atoms with Crippen molar-refractivity contribution in [2.45, 2.75) is 25.7 Å². The van der Waals surface area contributed by atoms with Crippen LogP contribution in [0, 0.1) is 12.3 Å². The highest BCUT2D eigenvalue weighted by Crippen LogP contribution is 2.23. The Hall–Kier alpha value is -1.64. The van der Waals surface area contributed by atoms with Crippen LogP contribution in [0.4, 0.5) is 0 Å². The molecule has 0 bridgehead atoms. The summed E-state index contributed by atoms with van der Waals surface area (Å²) in [5, 5.41) is 0. The van der Waals surface area contributed by atoms with Crippen LogP contribution < -0.4 is 0 Å². The molecule has 1 aliphatic rings. The van der Waals surface area contributed by atoms with Gasteiger partial charge in [0.25, 0.3) is 0 Å². The maximum absolute atomic E-state index is 11.8. The summed E-state index contributed by atoms with van der Waals surface area (Å²) in [5.41, 5.74) is 0.922. The monoisotopic (exact) mass is 244 g/mol. The number of ether oxygens (including phenoxy) is 1. The zero-order chi connectivity index (χ0) is 12.8. The van der Waals surface area contributed by atoms with Crippen LogP contribution in [0.1, 0.15) is 41.6 Å². The SMILES string of the molecule is O=[C]c1ccc(C(=O)OCC2CC[CH]CC2)cc1. The first-order valence-corrected chi connectivity index (χ1v) is 6.26. The van der Waals surface area contributed by atoms with E-state index in [1.165, 1.54) is 0 Å². The zero-order valence-electron chi connectivity index (χ0n) is 10.2. The average Bonchev–Trinajstić information content (AvgIpc) is 2.46. The quantitative estimate of drug-likeness (QED) is 0.765. The molecule has 94 valence electrons. The van der Waals surface area contributed by atoms with Gasteiger partial charge in [0.1, 0.15) is 0 Å². The van der Waals surface area contributed by atoms with Gasteiger partial charge in [-0.25, -0.2) is 4.79 Å². The minimum Gasteiger partial charge on any atom is -0.462 e. The second kappa shape index (κ2) is 6.34. The Kier molecular flexibility index (Phi) is 4.51. The minimum atomic E-state index is -0.318. The molecule has 0 spiro atoms. The lowest BCUT2D eigenvalue weighted by molar-refractivity contribution is 0.0418. The number of carbonyl (C=O) groups is 1. The van der Waals surface area contributed by atoms with E-state index >= 15 is 0 Å². The van der Waals surface area contributed by atoms with Gasteiger partial charge in [-0.2, -0.15) is 0 Å². The molecule has 1 aromatic carbocycles. The number of carbonyl (C=O) groups excluding carboxylic acids is 2. The van der Waals surface area contributed by atoms with E-state index in [-0.39, 0.29) is 5.97 Å². The van der Waals surface area contributed by atoms with Crippen LogP contribution >= 0.6 is 0 Å². The van der Waals surface area contributed by atoms with E-state index in [9.17, 15) is 9.59 Å². The summed E-state index contributed by atoms with van der Waals surface area (Å²) in [5.74, 6) is 0.170. The van der Waals surface area contributed by atoms with Crippen molar-refractivity contribution in [3.8, 4) is 0 Å². The predicted octanol–water partition coefficient (Wildman–Crippen LogP) is 2.70. The lowest BCUT2D eigenvalue weighted by Crippen LogP contribution is -2.17. The molecule has 3 nitrogen and oxygen atoms in total. The Labute approximate surface area is 107 Å². The normalized spacial score (nSPS) is 16.2. The Bertz CT molecular complexity index is 402. The van der Waals surface area contributed by atoms with Gasteiger partial charge < -0.3 is 4.74 Å². The van der Waals surface area contributed by atoms with E-state index in [1.54, 1.807) is 30.6 Å². The fourth-order valence-electron chi connectivity index (χ4n) is 2.11. The van der Waals surface area contributed by atoms with Gasteiger partial charge in [-0.05, 0) is 50.2 Å². The van der Waals surface area contributed by atoms with Gasteiger partial charge in [0.2, 0.25) is 6.29 Å². The van der Waals surface area contributed by atoms with E-state index < -0.39 is 0 Å². The van der Waals surface area contributed by atoms with Crippen LogP contribution in [0.25, 0.3) is 0 Å². The number of hydrogen-bond acceptors (Lipinski definition) is 3. The second-order valence-corrected chi connectivity index (χ2v) is 4.59. The van der Waals surface area contributed by atoms with E-state index in [4.69, 9.17) is 4.74 Å². The van der Waals surface area contributed by atoms with Crippen LogP contribution in [-0.4, -0.2) is 18.9 Å². The molecule has 2 radical (unpaired) electrons. The topological polar surface area (TPSA) is 43.4 Å². The van der Waals surface area contributed by atoms with Crippen molar-refractivity contribution in [1.29, 1.82) is 0 Å². The first kappa shape index (κ1) is 12.8.